The standard InChI is InChI=1S/C27H25N3O4/c1-14-29-18-10-6-4-8-15(18)21-22-17(12-28-25(22)32)20-16-9-5-7-11-19(16)30(24(20)23(21)29)27(3,34-14)26(2,33)13-31/h4-11,14,31,33H,12-13H2,1-3H3,(H,28,32)/t14?,26-,27-/m0/s1. The van der Waals surface area contributed by atoms with Gasteiger partial charge in [0.2, 0.25) is 0 Å². The van der Waals surface area contributed by atoms with Crippen molar-refractivity contribution < 1.29 is 19.7 Å². The summed E-state index contributed by atoms with van der Waals surface area (Å²) in [6, 6.07) is 16.1. The molecule has 172 valence electrons. The molecular weight excluding hydrogens is 430 g/mol. The van der Waals surface area contributed by atoms with E-state index in [0.29, 0.717) is 12.1 Å². The first-order valence-electron chi connectivity index (χ1n) is 11.6. The van der Waals surface area contributed by atoms with Gasteiger partial charge in [-0.3, -0.25) is 4.79 Å². The second-order valence-electron chi connectivity index (χ2n) is 9.86. The number of nitrogens with one attached hydrogen (secondary N) is 1. The third kappa shape index (κ3) is 2.07. The molecule has 4 heterocycles. The first kappa shape index (κ1) is 20.0. The van der Waals surface area contributed by atoms with E-state index in [1.54, 1.807) is 6.92 Å². The summed E-state index contributed by atoms with van der Waals surface area (Å²) in [7, 11) is 0. The SMILES string of the molecule is CC1O[C@@](C)([C@@](C)(O)CO)n2c3ccccc3c3c4c(c5c6ccccc6n1c5c32)C(=O)NC4. The minimum atomic E-state index is -1.59. The van der Waals surface area contributed by atoms with E-state index in [1.807, 2.05) is 54.8 Å². The first-order valence-corrected chi connectivity index (χ1v) is 11.6. The summed E-state index contributed by atoms with van der Waals surface area (Å²) in [6.07, 6.45) is -0.477. The summed E-state index contributed by atoms with van der Waals surface area (Å²) in [5.74, 6) is -0.0698. The fraction of sp³-hybridized carbons (Fsp3) is 0.296. The monoisotopic (exact) mass is 455 g/mol. The molecule has 3 N–H and O–H groups in total. The van der Waals surface area contributed by atoms with E-state index in [1.165, 1.54) is 0 Å². The molecule has 0 saturated carbocycles. The van der Waals surface area contributed by atoms with Crippen LogP contribution in [-0.2, 0) is 17.0 Å². The van der Waals surface area contributed by atoms with Crippen LogP contribution >= 0.6 is 0 Å². The van der Waals surface area contributed by atoms with Crippen molar-refractivity contribution in [3.8, 4) is 0 Å². The van der Waals surface area contributed by atoms with E-state index in [-0.39, 0.29) is 5.91 Å². The Balaban J connectivity index is 1.87. The molecular formula is C27H25N3O4. The van der Waals surface area contributed by atoms with Gasteiger partial charge in [-0.15, -0.1) is 0 Å². The van der Waals surface area contributed by atoms with Crippen LogP contribution in [0.1, 0.15) is 42.9 Å². The molecule has 1 unspecified atom stereocenters. The molecule has 0 radical (unpaired) electrons. The Hall–Kier alpha value is -3.39. The molecule has 0 fully saturated rings. The highest BCUT2D eigenvalue weighted by Gasteiger charge is 2.51. The maximum Gasteiger partial charge on any atom is 0.252 e. The van der Waals surface area contributed by atoms with Crippen LogP contribution < -0.4 is 5.32 Å². The van der Waals surface area contributed by atoms with Gasteiger partial charge < -0.3 is 29.4 Å². The molecule has 0 spiro atoms. The van der Waals surface area contributed by atoms with Gasteiger partial charge >= 0.3 is 0 Å². The van der Waals surface area contributed by atoms with Gasteiger partial charge in [-0.05, 0) is 38.5 Å². The smallest absolute Gasteiger partial charge is 0.252 e. The Kier molecular flexibility index (Phi) is 3.64. The molecule has 1 amide bonds. The first-order chi connectivity index (χ1) is 16.3. The lowest BCUT2D eigenvalue weighted by atomic mass is 9.93. The summed E-state index contributed by atoms with van der Waals surface area (Å²) < 4.78 is 10.9. The number of carbonyl (C=O) groups is 1. The topological polar surface area (TPSA) is 88.7 Å². The summed E-state index contributed by atoms with van der Waals surface area (Å²) in [4.78, 5) is 13.2. The number of para-hydroxylation sites is 2. The van der Waals surface area contributed by atoms with Crippen molar-refractivity contribution in [1.29, 1.82) is 0 Å². The number of carbonyl (C=O) groups excluding carboxylic acids is 1. The molecule has 2 aliphatic rings. The van der Waals surface area contributed by atoms with Crippen molar-refractivity contribution in [3.05, 3.63) is 59.7 Å². The highest BCUT2D eigenvalue weighted by atomic mass is 16.6. The number of benzene rings is 3. The van der Waals surface area contributed by atoms with Crippen LogP contribution in [-0.4, -0.2) is 37.5 Å². The highest BCUT2D eigenvalue weighted by Crippen LogP contribution is 2.51. The number of nitrogens with zero attached hydrogens (tertiary/aromatic N) is 2. The van der Waals surface area contributed by atoms with Crippen molar-refractivity contribution in [2.45, 2.75) is 44.9 Å². The summed E-state index contributed by atoms with van der Waals surface area (Å²) >= 11 is 0. The maximum absolute atomic E-state index is 13.2. The summed E-state index contributed by atoms with van der Waals surface area (Å²) in [5, 5.41) is 28.7. The number of hydrogen-bond donors (Lipinski definition) is 3. The minimum absolute atomic E-state index is 0.0698. The van der Waals surface area contributed by atoms with Gasteiger partial charge in [-0.25, -0.2) is 0 Å². The Morgan fingerprint density at radius 3 is 2.44 bits per heavy atom. The number of aliphatic hydroxyl groups is 2. The van der Waals surface area contributed by atoms with E-state index in [0.717, 1.165) is 49.2 Å². The Morgan fingerprint density at radius 2 is 1.74 bits per heavy atom. The molecule has 5 aromatic rings. The van der Waals surface area contributed by atoms with Crippen LogP contribution in [0.4, 0.5) is 0 Å². The van der Waals surface area contributed by atoms with E-state index < -0.39 is 24.2 Å². The van der Waals surface area contributed by atoms with Crippen LogP contribution in [0.25, 0.3) is 43.6 Å². The van der Waals surface area contributed by atoms with Crippen LogP contribution in [0.3, 0.4) is 0 Å². The molecule has 0 saturated heterocycles. The molecule has 7 rings (SSSR count). The van der Waals surface area contributed by atoms with E-state index in [2.05, 4.69) is 22.0 Å². The number of aromatic nitrogens is 2. The number of rotatable bonds is 2. The molecule has 7 nitrogen and oxygen atoms in total. The number of ether oxygens (including phenoxy) is 1. The normalized spacial score (nSPS) is 23.7. The van der Waals surface area contributed by atoms with E-state index in [9.17, 15) is 15.0 Å². The average molecular weight is 456 g/mol. The maximum atomic E-state index is 13.2. The van der Waals surface area contributed by atoms with E-state index >= 15 is 0 Å². The van der Waals surface area contributed by atoms with E-state index in [4.69, 9.17) is 4.74 Å². The fourth-order valence-corrected chi connectivity index (χ4v) is 6.25. The molecule has 34 heavy (non-hydrogen) atoms. The van der Waals surface area contributed by atoms with Crippen molar-refractivity contribution in [2.75, 3.05) is 6.61 Å². The molecule has 2 aromatic heterocycles. The predicted molar refractivity (Wildman–Crippen MR) is 131 cm³/mol. The Labute approximate surface area is 195 Å². The van der Waals surface area contributed by atoms with Gasteiger partial charge in [-0.1, -0.05) is 36.4 Å². The third-order valence-electron chi connectivity index (χ3n) is 8.01. The predicted octanol–water partition coefficient (Wildman–Crippen LogP) is 4.11. The minimum Gasteiger partial charge on any atom is -0.393 e. The number of aliphatic hydroxyl groups excluding tert-OH is 1. The van der Waals surface area contributed by atoms with Crippen LogP contribution in [0, 0.1) is 0 Å². The van der Waals surface area contributed by atoms with Crippen LogP contribution in [0.2, 0.25) is 0 Å². The number of hydrogen-bond acceptors (Lipinski definition) is 4. The Bertz CT molecular complexity index is 1710. The second kappa shape index (κ2) is 6.18. The average Bonchev–Trinajstić information content (AvgIpc) is 3.46. The van der Waals surface area contributed by atoms with Gasteiger partial charge in [0.15, 0.2) is 5.72 Å². The molecule has 3 atom stereocenters. The molecule has 3 aromatic carbocycles. The quantitative estimate of drug-likeness (QED) is 0.374. The largest absolute Gasteiger partial charge is 0.393 e. The van der Waals surface area contributed by atoms with Gasteiger partial charge in [0.1, 0.15) is 11.8 Å². The lowest BCUT2D eigenvalue weighted by Crippen LogP contribution is -2.56. The van der Waals surface area contributed by atoms with Gasteiger partial charge in [0, 0.05) is 28.1 Å². The fourth-order valence-electron chi connectivity index (χ4n) is 6.25. The summed E-state index contributed by atoms with van der Waals surface area (Å²) in [5.41, 5.74) is 2.46. The van der Waals surface area contributed by atoms with Gasteiger partial charge in [0.25, 0.3) is 5.91 Å². The third-order valence-corrected chi connectivity index (χ3v) is 8.01. The van der Waals surface area contributed by atoms with Gasteiger partial charge in [0.05, 0.1) is 34.2 Å². The lowest BCUT2D eigenvalue weighted by molar-refractivity contribution is -0.254. The zero-order valence-electron chi connectivity index (χ0n) is 19.2. The van der Waals surface area contributed by atoms with Crippen molar-refractivity contribution in [1.82, 2.24) is 14.5 Å². The zero-order valence-corrected chi connectivity index (χ0v) is 19.2. The summed E-state index contributed by atoms with van der Waals surface area (Å²) in [6.45, 7) is 5.36. The number of amides is 1. The van der Waals surface area contributed by atoms with Gasteiger partial charge in [-0.2, -0.15) is 0 Å². The van der Waals surface area contributed by atoms with Crippen LogP contribution in [0.5, 0.6) is 0 Å². The number of fused-ring (bicyclic) bond motifs is 9. The van der Waals surface area contributed by atoms with Crippen molar-refractivity contribution >= 4 is 49.5 Å². The zero-order chi connectivity index (χ0) is 23.6. The molecule has 7 heteroatoms. The van der Waals surface area contributed by atoms with Crippen molar-refractivity contribution in [2.24, 2.45) is 0 Å². The Morgan fingerprint density at radius 1 is 1.09 bits per heavy atom. The molecule has 2 aliphatic heterocycles. The highest BCUT2D eigenvalue weighted by molar-refractivity contribution is 6.30. The van der Waals surface area contributed by atoms with Crippen LogP contribution in [0.15, 0.2) is 48.5 Å². The molecule has 0 aliphatic carbocycles. The molecule has 0 bridgehead atoms. The lowest BCUT2D eigenvalue weighted by Gasteiger charge is -2.44. The van der Waals surface area contributed by atoms with Crippen molar-refractivity contribution in [3.63, 3.8) is 0 Å². The second-order valence-corrected chi connectivity index (χ2v) is 9.86.